The molecule has 2 aromatic heterocycles. The fourth-order valence-corrected chi connectivity index (χ4v) is 8.08. The highest BCUT2D eigenvalue weighted by Gasteiger charge is 2.39. The second-order valence-electron chi connectivity index (χ2n) is 11.5. The van der Waals surface area contributed by atoms with E-state index in [4.69, 9.17) is 17.3 Å². The summed E-state index contributed by atoms with van der Waals surface area (Å²) in [7, 11) is -2.38. The highest BCUT2D eigenvalue weighted by molar-refractivity contribution is 7.89. The van der Waals surface area contributed by atoms with Crippen LogP contribution in [0, 0.1) is 11.6 Å². The fraction of sp³-hybridized carbons (Fsp3) is 0.483. The van der Waals surface area contributed by atoms with E-state index in [0.29, 0.717) is 24.2 Å². The van der Waals surface area contributed by atoms with Gasteiger partial charge in [0.05, 0.1) is 34.6 Å². The lowest BCUT2D eigenvalue weighted by Gasteiger charge is -2.37. The van der Waals surface area contributed by atoms with Gasteiger partial charge in [0, 0.05) is 44.8 Å². The molecule has 2 saturated heterocycles. The number of aryl methyl sites for hydroxylation is 1. The minimum Gasteiger partial charge on any atom is -0.321 e. The molecule has 2 aliphatic heterocycles. The SMILES string of the molecule is Cn1nc([C@H](c2ccc(Cl)c(F)c2)[C@H](N)C(=O)Cc2cncc(F)c2CC[C@H]2CN[C@@H]3CCCS(=O)(=O)N2C3)cc1C(F)(F)F. The molecular weight excluding hydrogens is 643 g/mol. The summed E-state index contributed by atoms with van der Waals surface area (Å²) < 4.78 is 98.2. The molecular formula is C29H32ClF5N6O3S. The zero-order chi connectivity index (χ0) is 32.7. The number of pyridine rings is 1. The van der Waals surface area contributed by atoms with Crippen molar-refractivity contribution in [3.8, 4) is 0 Å². The third-order valence-electron chi connectivity index (χ3n) is 8.49. The minimum atomic E-state index is -4.76. The third-order valence-corrected chi connectivity index (χ3v) is 10.8. The van der Waals surface area contributed by atoms with Crippen molar-refractivity contribution in [2.75, 3.05) is 18.8 Å². The number of rotatable bonds is 9. The smallest absolute Gasteiger partial charge is 0.321 e. The zero-order valence-electron chi connectivity index (χ0n) is 24.2. The van der Waals surface area contributed by atoms with Crippen molar-refractivity contribution in [2.45, 2.75) is 62.3 Å². The lowest BCUT2D eigenvalue weighted by molar-refractivity contribution is -0.143. The van der Waals surface area contributed by atoms with Gasteiger partial charge < -0.3 is 11.1 Å². The Balaban J connectivity index is 1.40. The summed E-state index contributed by atoms with van der Waals surface area (Å²) in [6.07, 6.45) is -1.23. The van der Waals surface area contributed by atoms with Gasteiger partial charge in [-0.05, 0) is 60.6 Å². The van der Waals surface area contributed by atoms with Crippen LogP contribution in [0.4, 0.5) is 22.0 Å². The predicted molar refractivity (Wildman–Crippen MR) is 156 cm³/mol. The topological polar surface area (TPSA) is 123 Å². The number of piperazine rings is 1. The van der Waals surface area contributed by atoms with Crippen molar-refractivity contribution in [3.05, 3.63) is 81.4 Å². The summed E-state index contributed by atoms with van der Waals surface area (Å²) in [6.45, 7) is 0.737. The van der Waals surface area contributed by atoms with Crippen LogP contribution in [-0.2, 0) is 40.9 Å². The second-order valence-corrected chi connectivity index (χ2v) is 13.9. The molecule has 3 N–H and O–H groups in total. The first-order valence-electron chi connectivity index (χ1n) is 14.3. The van der Waals surface area contributed by atoms with Crippen LogP contribution in [0.25, 0.3) is 0 Å². The Morgan fingerprint density at radius 3 is 2.64 bits per heavy atom. The van der Waals surface area contributed by atoms with Gasteiger partial charge in [-0.25, -0.2) is 17.2 Å². The highest BCUT2D eigenvalue weighted by Crippen LogP contribution is 2.35. The molecule has 16 heteroatoms. The number of nitrogens with two attached hydrogens (primary N) is 1. The molecule has 2 bridgehead atoms. The lowest BCUT2D eigenvalue weighted by atomic mass is 9.84. The third kappa shape index (κ3) is 7.22. The monoisotopic (exact) mass is 674 g/mol. The Morgan fingerprint density at radius 2 is 1.96 bits per heavy atom. The lowest BCUT2D eigenvalue weighted by Crippen LogP contribution is -2.57. The molecule has 0 saturated carbocycles. The Labute approximate surface area is 262 Å². The van der Waals surface area contributed by atoms with Crippen molar-refractivity contribution < 1.29 is 35.2 Å². The normalized spacial score (nSPS) is 22.9. The number of sulfonamides is 1. The summed E-state index contributed by atoms with van der Waals surface area (Å²) in [6, 6.07) is 2.40. The number of hydrogen-bond acceptors (Lipinski definition) is 7. The summed E-state index contributed by atoms with van der Waals surface area (Å²) >= 11 is 5.82. The van der Waals surface area contributed by atoms with E-state index in [1.807, 2.05) is 0 Å². The van der Waals surface area contributed by atoms with Gasteiger partial charge in [-0.1, -0.05) is 17.7 Å². The number of fused-ring (bicyclic) bond motifs is 2. The predicted octanol–water partition coefficient (Wildman–Crippen LogP) is 3.74. The van der Waals surface area contributed by atoms with Gasteiger partial charge in [-0.3, -0.25) is 14.5 Å². The number of aromatic nitrogens is 3. The van der Waals surface area contributed by atoms with E-state index < -0.39 is 63.7 Å². The molecule has 0 spiro atoms. The molecule has 0 radical (unpaired) electrons. The first kappa shape index (κ1) is 33.4. The molecule has 4 heterocycles. The van der Waals surface area contributed by atoms with E-state index in [9.17, 15) is 30.8 Å². The summed E-state index contributed by atoms with van der Waals surface area (Å²) in [5.41, 5.74) is 5.50. The van der Waals surface area contributed by atoms with Crippen LogP contribution < -0.4 is 11.1 Å². The van der Waals surface area contributed by atoms with E-state index in [-0.39, 0.29) is 52.0 Å². The van der Waals surface area contributed by atoms with Crippen molar-refractivity contribution in [1.29, 1.82) is 0 Å². The highest BCUT2D eigenvalue weighted by atomic mass is 35.5. The van der Waals surface area contributed by atoms with Crippen LogP contribution in [0.5, 0.6) is 0 Å². The first-order valence-corrected chi connectivity index (χ1v) is 16.3. The summed E-state index contributed by atoms with van der Waals surface area (Å²) in [5.74, 6) is -3.49. The molecule has 244 valence electrons. The molecule has 2 aliphatic rings. The van der Waals surface area contributed by atoms with Gasteiger partial charge in [0.1, 0.15) is 17.3 Å². The summed E-state index contributed by atoms with van der Waals surface area (Å²) in [4.78, 5) is 17.5. The number of carbonyl (C=O) groups is 1. The van der Waals surface area contributed by atoms with E-state index in [1.165, 1.54) is 22.6 Å². The number of carbonyl (C=O) groups excluding carboxylic acids is 1. The van der Waals surface area contributed by atoms with Crippen molar-refractivity contribution in [2.24, 2.45) is 12.8 Å². The largest absolute Gasteiger partial charge is 0.433 e. The van der Waals surface area contributed by atoms with Crippen molar-refractivity contribution >= 4 is 27.4 Å². The van der Waals surface area contributed by atoms with Crippen molar-refractivity contribution in [1.82, 2.24) is 24.4 Å². The van der Waals surface area contributed by atoms with Crippen LogP contribution in [-0.4, -0.2) is 70.2 Å². The molecule has 5 rings (SSSR count). The summed E-state index contributed by atoms with van der Waals surface area (Å²) in [5, 5.41) is 7.08. The number of benzene rings is 1. The maximum Gasteiger partial charge on any atom is 0.433 e. The molecule has 0 aliphatic carbocycles. The van der Waals surface area contributed by atoms with Gasteiger partial charge in [-0.15, -0.1) is 0 Å². The number of nitrogens with zero attached hydrogens (tertiary/aromatic N) is 4. The number of hydrogen-bond donors (Lipinski definition) is 2. The van der Waals surface area contributed by atoms with E-state index >= 15 is 4.39 Å². The Kier molecular flexibility index (Phi) is 9.66. The van der Waals surface area contributed by atoms with E-state index in [1.54, 1.807) is 0 Å². The van der Waals surface area contributed by atoms with Crippen LogP contribution in [0.15, 0.2) is 36.7 Å². The molecule has 45 heavy (non-hydrogen) atoms. The Morgan fingerprint density at radius 1 is 1.20 bits per heavy atom. The number of halogens is 6. The van der Waals surface area contributed by atoms with Crippen LogP contribution in [0.1, 0.15) is 53.3 Å². The molecule has 9 nitrogen and oxygen atoms in total. The molecule has 1 aromatic carbocycles. The first-order chi connectivity index (χ1) is 21.2. The quantitative estimate of drug-likeness (QED) is 0.332. The van der Waals surface area contributed by atoms with Crippen LogP contribution >= 0.6 is 11.6 Å². The number of Topliss-reactive ketones (excluding diaryl/α,β-unsaturated/α-hetero) is 1. The average molecular weight is 675 g/mol. The number of alkyl halides is 3. The van der Waals surface area contributed by atoms with Gasteiger partial charge in [0.2, 0.25) is 10.0 Å². The van der Waals surface area contributed by atoms with Gasteiger partial charge in [0.25, 0.3) is 0 Å². The second kappa shape index (κ2) is 13.0. The van der Waals surface area contributed by atoms with Gasteiger partial charge in [-0.2, -0.15) is 22.6 Å². The minimum absolute atomic E-state index is 0.0440. The number of ketones is 1. The molecule has 5 atom stereocenters. The van der Waals surface area contributed by atoms with Gasteiger partial charge in [0.15, 0.2) is 5.78 Å². The molecule has 0 amide bonds. The average Bonchev–Trinajstić information content (AvgIpc) is 3.31. The zero-order valence-corrected chi connectivity index (χ0v) is 25.8. The van der Waals surface area contributed by atoms with E-state index in [2.05, 4.69) is 15.4 Å². The Hall–Kier alpha value is -2.98. The Bertz CT molecular complexity index is 1680. The molecule has 2 fully saturated rings. The maximum atomic E-state index is 15.1. The molecule has 3 aromatic rings. The fourth-order valence-electron chi connectivity index (χ4n) is 6.16. The van der Waals surface area contributed by atoms with Crippen LogP contribution in [0.2, 0.25) is 5.02 Å². The van der Waals surface area contributed by atoms with E-state index in [0.717, 1.165) is 31.8 Å². The standard InChI is InChI=1S/C29H32ClF5N6O3S/c1-40-26(29(33,34)35)11-24(39-40)27(16-4-7-21(30)22(31)9-16)28(36)25(42)10-17-12-37-14-23(32)20(17)6-5-19-13-38-18-3-2-8-45(43,44)41(19)15-18/h4,7,9,11-12,14,18-19,27-28,38H,2-3,5-6,8,10,13,15,36H2,1H3/t18-,19+,27+,28-/m1/s1. The van der Waals surface area contributed by atoms with Crippen molar-refractivity contribution in [3.63, 3.8) is 0 Å². The van der Waals surface area contributed by atoms with Crippen LogP contribution in [0.3, 0.4) is 0 Å². The maximum absolute atomic E-state index is 15.1. The number of nitrogens with one attached hydrogen (secondary N) is 1. The molecule has 1 unspecified atom stereocenters. The van der Waals surface area contributed by atoms with Gasteiger partial charge >= 0.3 is 6.18 Å².